The van der Waals surface area contributed by atoms with Gasteiger partial charge in [-0.2, -0.15) is 0 Å². The monoisotopic (exact) mass is 485 g/mol. The van der Waals surface area contributed by atoms with Crippen LogP contribution >= 0.6 is 11.6 Å². The summed E-state index contributed by atoms with van der Waals surface area (Å²) >= 11 is 5.92. The van der Waals surface area contributed by atoms with Crippen LogP contribution in [0.3, 0.4) is 0 Å². The van der Waals surface area contributed by atoms with Crippen LogP contribution in [0.1, 0.15) is 6.42 Å². The van der Waals surface area contributed by atoms with E-state index in [1.807, 2.05) is 12.1 Å². The first-order valence-corrected chi connectivity index (χ1v) is 11.2. The zero-order valence-corrected chi connectivity index (χ0v) is 19.6. The molecule has 0 spiro atoms. The largest absolute Gasteiger partial charge is 0.486 e. The van der Waals surface area contributed by atoms with Gasteiger partial charge in [-0.25, -0.2) is 14.4 Å². The Kier molecular flexibility index (Phi) is 7.44. The van der Waals surface area contributed by atoms with Gasteiger partial charge in [-0.15, -0.1) is 0 Å². The number of anilines is 3. The van der Waals surface area contributed by atoms with Gasteiger partial charge >= 0.3 is 0 Å². The van der Waals surface area contributed by atoms with Gasteiger partial charge in [-0.05, 0) is 24.3 Å². The summed E-state index contributed by atoms with van der Waals surface area (Å²) in [6, 6.07) is 8.09. The summed E-state index contributed by atoms with van der Waals surface area (Å²) < 4.78 is 25.2. The van der Waals surface area contributed by atoms with Crippen molar-refractivity contribution in [3.8, 4) is 5.75 Å². The molecule has 178 valence electrons. The van der Waals surface area contributed by atoms with Crippen molar-refractivity contribution >= 4 is 45.6 Å². The molecule has 4 rings (SSSR count). The normalized spacial score (nSPS) is 15.6. The van der Waals surface area contributed by atoms with Crippen LogP contribution in [0.5, 0.6) is 5.75 Å². The Hall–Kier alpha value is -3.43. The van der Waals surface area contributed by atoms with Crippen LogP contribution in [0.2, 0.25) is 5.02 Å². The minimum absolute atomic E-state index is 0.0132. The second kappa shape index (κ2) is 10.7. The zero-order chi connectivity index (χ0) is 24.1. The van der Waals surface area contributed by atoms with Gasteiger partial charge in [0.25, 0.3) is 0 Å². The molecule has 2 aromatic carbocycles. The van der Waals surface area contributed by atoms with Crippen LogP contribution in [-0.2, 0) is 9.53 Å². The molecule has 0 radical (unpaired) electrons. The lowest BCUT2D eigenvalue weighted by atomic mass is 10.1. The van der Waals surface area contributed by atoms with E-state index < -0.39 is 5.82 Å². The summed E-state index contributed by atoms with van der Waals surface area (Å²) in [6.07, 6.45) is 5.45. The first-order chi connectivity index (χ1) is 16.4. The van der Waals surface area contributed by atoms with Crippen LogP contribution in [0.15, 0.2) is 48.8 Å². The summed E-state index contributed by atoms with van der Waals surface area (Å²) in [5.74, 6) is 0.567. The highest BCUT2D eigenvalue weighted by molar-refractivity contribution is 6.31. The average molecular weight is 486 g/mol. The number of fused-ring (bicyclic) bond motifs is 1. The zero-order valence-electron chi connectivity index (χ0n) is 18.8. The van der Waals surface area contributed by atoms with Crippen LogP contribution in [0.25, 0.3) is 10.9 Å². The van der Waals surface area contributed by atoms with Gasteiger partial charge in [0.1, 0.15) is 29.8 Å². The smallest absolute Gasteiger partial charge is 0.245 e. The third kappa shape index (κ3) is 5.73. The fourth-order valence-electron chi connectivity index (χ4n) is 3.39. The van der Waals surface area contributed by atoms with Gasteiger partial charge in [-0.1, -0.05) is 17.7 Å². The van der Waals surface area contributed by atoms with Gasteiger partial charge < -0.3 is 25.0 Å². The molecule has 1 aliphatic rings. The summed E-state index contributed by atoms with van der Waals surface area (Å²) in [4.78, 5) is 22.0. The molecule has 3 aromatic rings. The quantitative estimate of drug-likeness (QED) is 0.457. The van der Waals surface area contributed by atoms with Crippen LogP contribution in [0, 0.1) is 5.82 Å². The number of amides is 1. The molecule has 2 heterocycles. The maximum Gasteiger partial charge on any atom is 0.245 e. The molecule has 10 heteroatoms. The number of nitrogens with one attached hydrogen (secondary N) is 2. The number of rotatable bonds is 8. The van der Waals surface area contributed by atoms with Gasteiger partial charge in [0.05, 0.1) is 29.4 Å². The number of carbonyl (C=O) groups is 1. The number of hydrogen-bond acceptors (Lipinski definition) is 7. The maximum absolute atomic E-state index is 13.6. The van der Waals surface area contributed by atoms with Crippen LogP contribution in [-0.4, -0.2) is 60.7 Å². The number of aromatic nitrogens is 2. The van der Waals surface area contributed by atoms with Crippen molar-refractivity contribution in [1.82, 2.24) is 14.9 Å². The predicted octanol–water partition coefficient (Wildman–Crippen LogP) is 4.39. The van der Waals surface area contributed by atoms with Crippen molar-refractivity contribution in [2.45, 2.75) is 12.5 Å². The third-order valence-corrected chi connectivity index (χ3v) is 5.50. The summed E-state index contributed by atoms with van der Waals surface area (Å²) in [5.41, 5.74) is 1.98. The van der Waals surface area contributed by atoms with E-state index >= 15 is 0 Å². The number of likely N-dealkylation sites (N-methyl/N-ethyl adjacent to an activating group) is 1. The Labute approximate surface area is 201 Å². The number of ether oxygens (including phenoxy) is 2. The maximum atomic E-state index is 13.6. The van der Waals surface area contributed by atoms with Gasteiger partial charge in [-0.3, -0.25) is 4.79 Å². The molecule has 34 heavy (non-hydrogen) atoms. The van der Waals surface area contributed by atoms with E-state index in [1.54, 1.807) is 26.2 Å². The highest BCUT2D eigenvalue weighted by atomic mass is 35.5. The second-order valence-electron chi connectivity index (χ2n) is 7.96. The lowest BCUT2D eigenvalue weighted by Crippen LogP contribution is -2.19. The number of nitrogens with zero attached hydrogens (tertiary/aromatic N) is 3. The Morgan fingerprint density at radius 2 is 2.18 bits per heavy atom. The Morgan fingerprint density at radius 1 is 1.32 bits per heavy atom. The van der Waals surface area contributed by atoms with Gasteiger partial charge in [0.15, 0.2) is 0 Å². The lowest BCUT2D eigenvalue weighted by molar-refractivity contribution is -0.123. The molecule has 0 saturated carbocycles. The van der Waals surface area contributed by atoms with Crippen LogP contribution < -0.4 is 15.4 Å². The molecule has 0 unspecified atom stereocenters. The van der Waals surface area contributed by atoms with Crippen molar-refractivity contribution in [3.63, 3.8) is 0 Å². The first kappa shape index (κ1) is 23.7. The molecule has 1 fully saturated rings. The van der Waals surface area contributed by atoms with Crippen molar-refractivity contribution < 1.29 is 18.7 Å². The summed E-state index contributed by atoms with van der Waals surface area (Å²) in [7, 11) is 3.39. The minimum atomic E-state index is -0.496. The molecule has 1 atom stereocenters. The molecular formula is C24H25ClFN5O3. The predicted molar refractivity (Wildman–Crippen MR) is 130 cm³/mol. The molecule has 1 amide bonds. The molecule has 8 nitrogen and oxygen atoms in total. The highest BCUT2D eigenvalue weighted by Gasteiger charge is 2.20. The number of hydrogen-bond donors (Lipinski definition) is 2. The highest BCUT2D eigenvalue weighted by Crippen LogP contribution is 2.35. The van der Waals surface area contributed by atoms with Gasteiger partial charge in [0, 0.05) is 50.3 Å². The van der Waals surface area contributed by atoms with Crippen LogP contribution in [0.4, 0.5) is 21.6 Å². The average Bonchev–Trinajstić information content (AvgIpc) is 3.32. The van der Waals surface area contributed by atoms with Crippen molar-refractivity contribution in [2.24, 2.45) is 0 Å². The Morgan fingerprint density at radius 3 is 2.91 bits per heavy atom. The third-order valence-electron chi connectivity index (χ3n) is 5.21. The molecule has 1 aliphatic heterocycles. The topological polar surface area (TPSA) is 88.6 Å². The lowest BCUT2D eigenvalue weighted by Gasteiger charge is -2.18. The molecule has 2 N–H and O–H groups in total. The first-order valence-electron chi connectivity index (χ1n) is 10.8. The fourth-order valence-corrected chi connectivity index (χ4v) is 3.57. The van der Waals surface area contributed by atoms with E-state index in [0.29, 0.717) is 42.5 Å². The van der Waals surface area contributed by atoms with E-state index in [1.165, 1.54) is 29.4 Å². The van der Waals surface area contributed by atoms with Gasteiger partial charge in [0.2, 0.25) is 5.91 Å². The second-order valence-corrected chi connectivity index (χ2v) is 8.37. The summed E-state index contributed by atoms with van der Waals surface area (Å²) in [6.45, 7) is 1.59. The molecular weight excluding hydrogens is 461 g/mol. The standard InChI is InChI=1S/C24H25ClFN5O3/c1-31(2)23(32)4-3-8-27-21-11-17-20(12-22(21)34-16-7-9-33-13-16)28-14-29-24(17)30-15-5-6-19(26)18(25)10-15/h3-6,10-12,14,16,27H,7-9,13H2,1-2H3,(H,28,29,30)/t16-/m1/s1. The van der Waals surface area contributed by atoms with E-state index in [0.717, 1.165) is 17.5 Å². The molecule has 0 aliphatic carbocycles. The molecule has 0 bridgehead atoms. The SMILES string of the molecule is CN(C)C(=O)C=CCNc1cc2c(Nc3ccc(F)c(Cl)c3)ncnc2cc1O[C@@H]1CCOC1. The number of carbonyl (C=O) groups excluding carboxylic acids is 1. The van der Waals surface area contributed by atoms with E-state index in [-0.39, 0.29) is 17.0 Å². The molecule has 1 aromatic heterocycles. The van der Waals surface area contributed by atoms with Crippen molar-refractivity contribution in [1.29, 1.82) is 0 Å². The van der Waals surface area contributed by atoms with E-state index in [9.17, 15) is 9.18 Å². The van der Waals surface area contributed by atoms with Crippen molar-refractivity contribution in [2.75, 3.05) is 44.5 Å². The molecule has 1 saturated heterocycles. The minimum Gasteiger partial charge on any atom is -0.486 e. The number of benzene rings is 2. The Balaban J connectivity index is 1.65. The number of halogens is 2. The van der Waals surface area contributed by atoms with E-state index in [2.05, 4.69) is 20.6 Å². The van der Waals surface area contributed by atoms with E-state index in [4.69, 9.17) is 21.1 Å². The Bertz CT molecular complexity index is 1210. The van der Waals surface area contributed by atoms with Crippen molar-refractivity contribution in [3.05, 3.63) is 59.7 Å². The fraction of sp³-hybridized carbons (Fsp3) is 0.292. The summed E-state index contributed by atoms with van der Waals surface area (Å²) in [5, 5.41) is 7.22.